The van der Waals surface area contributed by atoms with E-state index in [9.17, 15) is 17.8 Å². The Morgan fingerprint density at radius 3 is 1.33 bits per heavy atom. The Kier molecular flexibility index (Phi) is 11.2. The first kappa shape index (κ1) is 37.2. The summed E-state index contributed by atoms with van der Waals surface area (Å²) in [6.07, 6.45) is 7.40. The molecule has 8 rings (SSSR count). The van der Waals surface area contributed by atoms with Crippen LogP contribution in [0.3, 0.4) is 0 Å². The molecule has 2 aliphatic carbocycles. The molecule has 0 N–H and O–H groups in total. The quantitative estimate of drug-likeness (QED) is 0.146. The fourth-order valence-corrected chi connectivity index (χ4v) is 11.5. The molecule has 3 heterocycles. The number of hydrogen-bond donors (Lipinski definition) is 0. The molecule has 52 heavy (non-hydrogen) atoms. The fraction of sp³-hybridized carbons (Fsp3) is 0.525. The van der Waals surface area contributed by atoms with Crippen LogP contribution >= 0.6 is 0 Å². The van der Waals surface area contributed by atoms with Crippen molar-refractivity contribution in [1.82, 2.24) is 0 Å². The van der Waals surface area contributed by atoms with Crippen molar-refractivity contribution in [3.05, 3.63) is 72.8 Å². The van der Waals surface area contributed by atoms with E-state index in [1.54, 1.807) is 0 Å². The van der Waals surface area contributed by atoms with Crippen molar-refractivity contribution in [2.75, 3.05) is 25.6 Å². The van der Waals surface area contributed by atoms with Crippen molar-refractivity contribution < 1.29 is 46.2 Å². The van der Waals surface area contributed by atoms with E-state index < -0.39 is 21.3 Å². The van der Waals surface area contributed by atoms with Gasteiger partial charge in [0.1, 0.15) is 23.0 Å². The predicted molar refractivity (Wildman–Crippen MR) is 193 cm³/mol. The minimum absolute atomic E-state index is 0.0248. The van der Waals surface area contributed by atoms with Crippen LogP contribution in [-0.4, -0.2) is 63.2 Å². The number of carbonyl (C=O) groups is 1. The minimum atomic E-state index is -4.33. The van der Waals surface area contributed by atoms with Crippen molar-refractivity contribution in [1.29, 1.82) is 0 Å². The molecule has 3 aromatic rings. The van der Waals surface area contributed by atoms with Crippen LogP contribution in [0.4, 0.5) is 0 Å². The average Bonchev–Trinajstić information content (AvgIpc) is 3.97. The number of hydrogen-bond acceptors (Lipinski definition) is 10. The molecule has 5 aliphatic rings. The van der Waals surface area contributed by atoms with Crippen LogP contribution in [0.5, 0.6) is 17.2 Å². The first-order valence-corrected chi connectivity index (χ1v) is 21.2. The fourth-order valence-electron chi connectivity index (χ4n) is 8.16. The first-order chi connectivity index (χ1) is 25.0. The Hall–Kier alpha value is -3.13. The molecule has 2 saturated carbocycles. The van der Waals surface area contributed by atoms with Gasteiger partial charge < -0.3 is 33.0 Å². The lowest BCUT2D eigenvalue weighted by Gasteiger charge is -2.37. The Labute approximate surface area is 309 Å². The van der Waals surface area contributed by atoms with E-state index in [-0.39, 0.29) is 46.9 Å². The lowest BCUT2D eigenvalue weighted by Crippen LogP contribution is -2.42. The number of fused-ring (bicyclic) bond motifs is 2. The van der Waals surface area contributed by atoms with Crippen LogP contribution in [0.2, 0.25) is 0 Å². The highest BCUT2D eigenvalue weighted by Gasteiger charge is 2.64. The standard InChI is InChI=1S/C30H33O6S.C10H16O4S/c1-4-28(31-19-1)34-22-7-13-25(14-8-22)37(26-15-9-23(10-16-26)35-29-5-2-20-32-29)27-17-11-24(12-18-27)36-30-6-3-21-33-30;1-9(2)7-3-4-10(9,8(11)5-7)6-15(12,13)14/h7-18,28-30H,1-6,19-21H2;7H,3-6H2,1-2H3,(H,12,13,14)/q+1;/p-1. The third-order valence-corrected chi connectivity index (χ3v) is 14.3. The predicted octanol–water partition coefficient (Wildman–Crippen LogP) is 7.25. The summed E-state index contributed by atoms with van der Waals surface area (Å²) in [5.41, 5.74) is -1.22. The van der Waals surface area contributed by atoms with E-state index in [0.717, 1.165) is 82.0 Å². The maximum atomic E-state index is 11.8. The third-order valence-electron chi connectivity index (χ3n) is 11.2. The van der Waals surface area contributed by atoms with E-state index in [2.05, 4.69) is 36.4 Å². The van der Waals surface area contributed by atoms with Gasteiger partial charge in [-0.25, -0.2) is 8.42 Å². The Morgan fingerprint density at radius 2 is 1.06 bits per heavy atom. The Balaban J connectivity index is 0.000000234. The molecule has 5 fully saturated rings. The molecule has 5 unspecified atom stereocenters. The van der Waals surface area contributed by atoms with E-state index in [1.807, 2.05) is 50.2 Å². The average molecular weight is 753 g/mol. The second-order valence-electron chi connectivity index (χ2n) is 14.8. The van der Waals surface area contributed by atoms with Gasteiger partial charge in [0.25, 0.3) is 0 Å². The van der Waals surface area contributed by atoms with Crippen LogP contribution < -0.4 is 14.2 Å². The van der Waals surface area contributed by atoms with Crippen LogP contribution in [0, 0.1) is 16.7 Å². The maximum absolute atomic E-state index is 11.8. The molecule has 0 radical (unpaired) electrons. The number of carbonyl (C=O) groups excluding carboxylic acids is 1. The zero-order chi connectivity index (χ0) is 36.3. The number of ether oxygens (including phenoxy) is 6. The van der Waals surface area contributed by atoms with Crippen molar-refractivity contribution in [3.8, 4) is 17.2 Å². The summed E-state index contributed by atoms with van der Waals surface area (Å²) < 4.78 is 67.6. The number of ketones is 1. The second kappa shape index (κ2) is 15.7. The lowest BCUT2D eigenvalue weighted by molar-refractivity contribution is -0.128. The highest BCUT2D eigenvalue weighted by molar-refractivity contribution is 7.97. The van der Waals surface area contributed by atoms with Crippen molar-refractivity contribution in [3.63, 3.8) is 0 Å². The van der Waals surface area contributed by atoms with Gasteiger partial charge in [-0.3, -0.25) is 4.79 Å². The number of rotatable bonds is 11. The summed E-state index contributed by atoms with van der Waals surface area (Å²) in [6, 6.07) is 25.2. The SMILES string of the molecule is CC1(C)C2CCC1(CS(=O)(=O)[O-])C(=O)C2.c1cc([S+](c2ccc(OC3CCCO3)cc2)c2ccc(OC3CCCO3)cc2)ccc1OC1CCCO1. The number of benzene rings is 3. The van der Waals surface area contributed by atoms with E-state index in [4.69, 9.17) is 28.4 Å². The van der Waals surface area contributed by atoms with Gasteiger partial charge in [0.2, 0.25) is 0 Å². The topological polar surface area (TPSA) is 130 Å². The lowest BCUT2D eigenvalue weighted by atomic mass is 9.70. The van der Waals surface area contributed by atoms with Gasteiger partial charge in [-0.2, -0.15) is 0 Å². The number of Topliss-reactive ketones (excluding diaryl/α,β-unsaturated/α-hetero) is 1. The van der Waals surface area contributed by atoms with Gasteiger partial charge in [-0.1, -0.05) is 13.8 Å². The van der Waals surface area contributed by atoms with Gasteiger partial charge in [0.15, 0.2) is 33.6 Å². The molecule has 2 bridgehead atoms. The molecule has 0 aromatic heterocycles. The van der Waals surface area contributed by atoms with Crippen molar-refractivity contribution in [2.24, 2.45) is 16.7 Å². The molecular formula is C40H48O10S2. The van der Waals surface area contributed by atoms with Gasteiger partial charge in [-0.05, 0) is 116 Å². The summed E-state index contributed by atoms with van der Waals surface area (Å²) in [6.45, 7) is 6.14. The van der Waals surface area contributed by atoms with E-state index in [1.165, 1.54) is 14.7 Å². The summed E-state index contributed by atoms with van der Waals surface area (Å²) >= 11 is 0. The van der Waals surface area contributed by atoms with Gasteiger partial charge in [0.05, 0.1) is 46.6 Å². The minimum Gasteiger partial charge on any atom is -0.748 e. The summed E-state index contributed by atoms with van der Waals surface area (Å²) in [5, 5.41) is 0. The van der Waals surface area contributed by atoms with Gasteiger partial charge in [-0.15, -0.1) is 0 Å². The van der Waals surface area contributed by atoms with Crippen LogP contribution in [0.25, 0.3) is 0 Å². The van der Waals surface area contributed by atoms with E-state index >= 15 is 0 Å². The molecule has 0 amide bonds. The third kappa shape index (κ3) is 8.32. The smallest absolute Gasteiger partial charge is 0.199 e. The largest absolute Gasteiger partial charge is 0.748 e. The molecule has 3 aromatic carbocycles. The highest BCUT2D eigenvalue weighted by Crippen LogP contribution is 2.64. The zero-order valence-electron chi connectivity index (χ0n) is 29.8. The zero-order valence-corrected chi connectivity index (χ0v) is 31.5. The molecule has 3 saturated heterocycles. The molecular weight excluding hydrogens is 705 g/mol. The first-order valence-electron chi connectivity index (χ1n) is 18.4. The maximum Gasteiger partial charge on any atom is 0.199 e. The van der Waals surface area contributed by atoms with Crippen LogP contribution in [0.15, 0.2) is 87.5 Å². The normalized spacial score (nSPS) is 28.3. The molecule has 10 nitrogen and oxygen atoms in total. The highest BCUT2D eigenvalue weighted by atomic mass is 32.2. The molecule has 280 valence electrons. The molecule has 5 atom stereocenters. The molecule has 12 heteroatoms. The monoisotopic (exact) mass is 752 g/mol. The second-order valence-corrected chi connectivity index (χ2v) is 18.2. The van der Waals surface area contributed by atoms with Gasteiger partial charge >= 0.3 is 0 Å². The summed E-state index contributed by atoms with van der Waals surface area (Å²) in [4.78, 5) is 15.5. The Bertz CT molecular complexity index is 1610. The molecule has 0 spiro atoms. The Morgan fingerprint density at radius 1 is 0.673 bits per heavy atom. The summed E-state index contributed by atoms with van der Waals surface area (Å²) in [5.74, 6) is 2.22. The van der Waals surface area contributed by atoms with Crippen molar-refractivity contribution in [2.45, 2.75) is 105 Å². The van der Waals surface area contributed by atoms with Crippen molar-refractivity contribution >= 4 is 26.8 Å². The van der Waals surface area contributed by atoms with E-state index in [0.29, 0.717) is 12.8 Å². The van der Waals surface area contributed by atoms with Crippen LogP contribution in [-0.2, 0) is 40.0 Å². The summed E-state index contributed by atoms with van der Waals surface area (Å²) in [7, 11) is -4.64. The molecule has 3 aliphatic heterocycles. The van der Waals surface area contributed by atoms with Crippen LogP contribution in [0.1, 0.15) is 71.6 Å². The van der Waals surface area contributed by atoms with Gasteiger partial charge in [0, 0.05) is 31.1 Å².